The fourth-order valence-corrected chi connectivity index (χ4v) is 2.35. The van der Waals surface area contributed by atoms with Crippen LogP contribution in [0.15, 0.2) is 62.2 Å². The number of hydrogen-bond acceptors (Lipinski definition) is 3. The molecule has 0 radical (unpaired) electrons. The predicted octanol–water partition coefficient (Wildman–Crippen LogP) is 4.27. The van der Waals surface area contributed by atoms with Crippen molar-refractivity contribution in [2.75, 3.05) is 0 Å². The molecule has 0 unspecified atom stereocenters. The van der Waals surface area contributed by atoms with E-state index in [1.807, 2.05) is 0 Å². The maximum Gasteiger partial charge on any atom is 0.336 e. The van der Waals surface area contributed by atoms with E-state index < -0.39 is 5.63 Å². The smallest absolute Gasteiger partial charge is 0.336 e. The third-order valence-corrected chi connectivity index (χ3v) is 3.49. The van der Waals surface area contributed by atoms with Gasteiger partial charge < -0.3 is 9.15 Å². The second kappa shape index (κ2) is 5.69. The van der Waals surface area contributed by atoms with Crippen LogP contribution in [0.5, 0.6) is 5.75 Å². The number of rotatable bonds is 3. The lowest BCUT2D eigenvalue weighted by molar-refractivity contribution is 0.299. The number of benzene rings is 2. The van der Waals surface area contributed by atoms with Gasteiger partial charge in [-0.3, -0.25) is 0 Å². The molecule has 0 spiro atoms. The van der Waals surface area contributed by atoms with Crippen molar-refractivity contribution in [3.8, 4) is 5.75 Å². The average Bonchev–Trinajstić information content (AvgIpc) is 2.47. The Kier molecular flexibility index (Phi) is 3.75. The van der Waals surface area contributed by atoms with Crippen LogP contribution < -0.4 is 10.4 Å². The molecule has 0 saturated heterocycles. The molecule has 0 aliphatic rings. The Morgan fingerprint density at radius 2 is 1.90 bits per heavy atom. The molecule has 3 aromatic rings. The van der Waals surface area contributed by atoms with E-state index in [9.17, 15) is 9.18 Å². The van der Waals surface area contributed by atoms with Crippen molar-refractivity contribution < 1.29 is 13.5 Å². The Bertz CT molecular complexity index is 858. The highest BCUT2D eigenvalue weighted by Gasteiger charge is 2.05. The highest BCUT2D eigenvalue weighted by molar-refractivity contribution is 9.10. The third-order valence-electron chi connectivity index (χ3n) is 3.00. The van der Waals surface area contributed by atoms with Gasteiger partial charge in [0.25, 0.3) is 0 Å². The van der Waals surface area contributed by atoms with Gasteiger partial charge >= 0.3 is 5.63 Å². The summed E-state index contributed by atoms with van der Waals surface area (Å²) in [5, 5.41) is 0.801. The molecule has 3 rings (SSSR count). The zero-order valence-electron chi connectivity index (χ0n) is 10.8. The molecule has 0 saturated carbocycles. The maximum absolute atomic E-state index is 13.6. The van der Waals surface area contributed by atoms with Crippen molar-refractivity contribution in [1.29, 1.82) is 0 Å². The number of ether oxygens (including phenoxy) is 1. The molecule has 1 heterocycles. The van der Waals surface area contributed by atoms with Crippen LogP contribution in [0, 0.1) is 5.82 Å². The highest BCUT2D eigenvalue weighted by Crippen LogP contribution is 2.22. The molecule has 0 aliphatic carbocycles. The van der Waals surface area contributed by atoms with Gasteiger partial charge in [-0.05, 0) is 36.4 Å². The summed E-state index contributed by atoms with van der Waals surface area (Å²) in [6.45, 7) is 0.0911. The van der Waals surface area contributed by atoms with Crippen LogP contribution in [-0.2, 0) is 6.61 Å². The average molecular weight is 349 g/mol. The molecule has 0 atom stereocenters. The van der Waals surface area contributed by atoms with Gasteiger partial charge in [-0.15, -0.1) is 0 Å². The first-order chi connectivity index (χ1) is 10.1. The minimum Gasteiger partial charge on any atom is -0.489 e. The normalized spacial score (nSPS) is 10.8. The lowest BCUT2D eigenvalue weighted by Crippen LogP contribution is -1.99. The molecule has 1 aromatic heterocycles. The number of hydrogen-bond donors (Lipinski definition) is 0. The second-order valence-electron chi connectivity index (χ2n) is 4.48. The van der Waals surface area contributed by atoms with E-state index in [4.69, 9.17) is 9.15 Å². The molecule has 3 nitrogen and oxygen atoms in total. The van der Waals surface area contributed by atoms with Gasteiger partial charge in [-0.1, -0.05) is 15.9 Å². The molecule has 21 heavy (non-hydrogen) atoms. The SMILES string of the molecule is O=c1ccc2ccc(OCc3cc(Br)ccc3F)cc2o1. The van der Waals surface area contributed by atoms with E-state index in [2.05, 4.69) is 15.9 Å². The fraction of sp³-hybridized carbons (Fsp3) is 0.0625. The third kappa shape index (κ3) is 3.13. The largest absolute Gasteiger partial charge is 0.489 e. The first-order valence-electron chi connectivity index (χ1n) is 6.22. The maximum atomic E-state index is 13.6. The van der Waals surface area contributed by atoms with Crippen LogP contribution in [0.4, 0.5) is 4.39 Å². The van der Waals surface area contributed by atoms with Crippen molar-refractivity contribution in [2.45, 2.75) is 6.61 Å². The molecular formula is C16H10BrFO3. The Labute approximate surface area is 128 Å². The predicted molar refractivity (Wildman–Crippen MR) is 80.9 cm³/mol. The number of halogens is 2. The second-order valence-corrected chi connectivity index (χ2v) is 5.39. The Hall–Kier alpha value is -2.14. The van der Waals surface area contributed by atoms with Crippen molar-refractivity contribution in [2.24, 2.45) is 0 Å². The Balaban J connectivity index is 1.85. The summed E-state index contributed by atoms with van der Waals surface area (Å²) in [7, 11) is 0. The van der Waals surface area contributed by atoms with Gasteiger partial charge in [0.1, 0.15) is 23.8 Å². The fourth-order valence-electron chi connectivity index (χ4n) is 1.95. The molecule has 106 valence electrons. The summed E-state index contributed by atoms with van der Waals surface area (Å²) < 4.78 is 25.0. The van der Waals surface area contributed by atoms with E-state index in [0.717, 1.165) is 9.86 Å². The Morgan fingerprint density at radius 3 is 2.76 bits per heavy atom. The Morgan fingerprint density at radius 1 is 1.10 bits per heavy atom. The lowest BCUT2D eigenvalue weighted by atomic mass is 10.2. The van der Waals surface area contributed by atoms with Gasteiger partial charge in [0.05, 0.1) is 0 Å². The first-order valence-corrected chi connectivity index (χ1v) is 7.02. The van der Waals surface area contributed by atoms with Crippen molar-refractivity contribution in [3.63, 3.8) is 0 Å². The molecule has 0 N–H and O–H groups in total. The minimum atomic E-state index is -0.419. The van der Waals surface area contributed by atoms with Crippen LogP contribution in [0.1, 0.15) is 5.56 Å². The van der Waals surface area contributed by atoms with Crippen molar-refractivity contribution in [1.82, 2.24) is 0 Å². The molecule has 2 aromatic carbocycles. The minimum absolute atomic E-state index is 0.0911. The van der Waals surface area contributed by atoms with Crippen LogP contribution in [0.3, 0.4) is 0 Å². The van der Waals surface area contributed by atoms with Crippen molar-refractivity contribution >= 4 is 26.9 Å². The summed E-state index contributed by atoms with van der Waals surface area (Å²) in [4.78, 5) is 11.2. The summed E-state index contributed by atoms with van der Waals surface area (Å²) >= 11 is 3.29. The molecule has 0 fully saturated rings. The molecule has 0 aliphatic heterocycles. The molecule has 0 amide bonds. The van der Waals surface area contributed by atoms with E-state index >= 15 is 0 Å². The topological polar surface area (TPSA) is 39.4 Å². The van der Waals surface area contributed by atoms with Gasteiger partial charge in [0.15, 0.2) is 0 Å². The van der Waals surface area contributed by atoms with Crippen LogP contribution >= 0.6 is 15.9 Å². The molecular weight excluding hydrogens is 339 g/mol. The van der Waals surface area contributed by atoms with E-state index in [1.54, 1.807) is 36.4 Å². The first kappa shape index (κ1) is 13.8. The lowest BCUT2D eigenvalue weighted by Gasteiger charge is -2.08. The van der Waals surface area contributed by atoms with E-state index in [0.29, 0.717) is 16.9 Å². The van der Waals surface area contributed by atoms with Crippen molar-refractivity contribution in [3.05, 3.63) is 74.8 Å². The molecule has 5 heteroatoms. The van der Waals surface area contributed by atoms with Gasteiger partial charge in [-0.2, -0.15) is 0 Å². The summed E-state index contributed by atoms with van der Waals surface area (Å²) in [6, 6.07) is 12.9. The van der Waals surface area contributed by atoms with Crippen LogP contribution in [0.25, 0.3) is 11.0 Å². The highest BCUT2D eigenvalue weighted by atomic mass is 79.9. The van der Waals surface area contributed by atoms with Gasteiger partial charge in [0, 0.05) is 27.6 Å². The zero-order chi connectivity index (χ0) is 14.8. The van der Waals surface area contributed by atoms with E-state index in [1.165, 1.54) is 12.1 Å². The van der Waals surface area contributed by atoms with E-state index in [-0.39, 0.29) is 12.4 Å². The van der Waals surface area contributed by atoms with Gasteiger partial charge in [0.2, 0.25) is 0 Å². The standard InChI is InChI=1S/C16H10BrFO3/c17-12-3-5-14(18)11(7-12)9-20-13-4-1-10-2-6-16(19)21-15(10)8-13/h1-8H,9H2. The van der Waals surface area contributed by atoms with Gasteiger partial charge in [-0.25, -0.2) is 9.18 Å². The molecule has 0 bridgehead atoms. The number of fused-ring (bicyclic) bond motifs is 1. The van der Waals surface area contributed by atoms with Crippen LogP contribution in [-0.4, -0.2) is 0 Å². The summed E-state index contributed by atoms with van der Waals surface area (Å²) in [5.41, 5.74) is 0.464. The summed E-state index contributed by atoms with van der Waals surface area (Å²) in [5.74, 6) is 0.182. The van der Waals surface area contributed by atoms with Crippen LogP contribution in [0.2, 0.25) is 0 Å². The zero-order valence-corrected chi connectivity index (χ0v) is 12.4. The summed E-state index contributed by atoms with van der Waals surface area (Å²) in [6.07, 6.45) is 0. The quantitative estimate of drug-likeness (QED) is 0.663. The monoisotopic (exact) mass is 348 g/mol.